The third-order valence-corrected chi connectivity index (χ3v) is 3.45. The van der Waals surface area contributed by atoms with E-state index in [0.29, 0.717) is 17.9 Å². The Balaban J connectivity index is 1.96. The van der Waals surface area contributed by atoms with Crippen LogP contribution >= 0.6 is 0 Å². The number of aryl methyl sites for hydroxylation is 1. The fraction of sp³-hybridized carbons (Fsp3) is 0.350. The molecule has 0 aliphatic rings. The summed E-state index contributed by atoms with van der Waals surface area (Å²) in [4.78, 5) is 12.5. The molecule has 1 amide bonds. The van der Waals surface area contributed by atoms with E-state index in [9.17, 15) is 4.79 Å². The average molecular weight is 327 g/mol. The first-order valence-corrected chi connectivity index (χ1v) is 8.22. The molecule has 2 aromatic carbocycles. The van der Waals surface area contributed by atoms with E-state index in [0.717, 1.165) is 11.3 Å². The lowest BCUT2D eigenvalue weighted by Crippen LogP contribution is -2.37. The highest BCUT2D eigenvalue weighted by molar-refractivity contribution is 5.97. The molecule has 0 aliphatic heterocycles. The van der Waals surface area contributed by atoms with Crippen molar-refractivity contribution >= 4 is 5.91 Å². The van der Waals surface area contributed by atoms with Crippen molar-refractivity contribution in [3.05, 3.63) is 59.7 Å². The maximum Gasteiger partial charge on any atom is 0.255 e. The zero-order chi connectivity index (χ0) is 17.5. The lowest BCUT2D eigenvalue weighted by atomic mass is 10.1. The lowest BCUT2D eigenvalue weighted by molar-refractivity contribution is 0.0920. The highest BCUT2D eigenvalue weighted by atomic mass is 16.5. The van der Waals surface area contributed by atoms with Crippen LogP contribution in [0.4, 0.5) is 0 Å². The van der Waals surface area contributed by atoms with Crippen LogP contribution in [0.5, 0.6) is 11.5 Å². The molecule has 2 rings (SSSR count). The quantitative estimate of drug-likeness (QED) is 0.837. The van der Waals surface area contributed by atoms with E-state index in [-0.39, 0.29) is 18.1 Å². The molecule has 0 saturated carbocycles. The van der Waals surface area contributed by atoms with E-state index in [1.165, 1.54) is 0 Å². The monoisotopic (exact) mass is 327 g/mol. The molecule has 0 aromatic heterocycles. The second kappa shape index (κ2) is 8.39. The van der Waals surface area contributed by atoms with Crippen molar-refractivity contribution < 1.29 is 14.3 Å². The molecule has 0 spiro atoms. The third-order valence-electron chi connectivity index (χ3n) is 3.45. The summed E-state index contributed by atoms with van der Waals surface area (Å²) >= 11 is 0. The molecular weight excluding hydrogens is 302 g/mol. The van der Waals surface area contributed by atoms with Gasteiger partial charge in [0.1, 0.15) is 18.1 Å². The van der Waals surface area contributed by atoms with Gasteiger partial charge in [-0.2, -0.15) is 0 Å². The fourth-order valence-corrected chi connectivity index (χ4v) is 2.29. The van der Waals surface area contributed by atoms with Gasteiger partial charge in [0.05, 0.1) is 17.7 Å². The summed E-state index contributed by atoms with van der Waals surface area (Å²) in [6.45, 7) is 8.20. The Morgan fingerprint density at radius 2 is 1.62 bits per heavy atom. The van der Waals surface area contributed by atoms with Crippen molar-refractivity contribution in [3.63, 3.8) is 0 Å². The molecule has 0 unspecified atom stereocenters. The summed E-state index contributed by atoms with van der Waals surface area (Å²) in [5.74, 6) is 1.27. The van der Waals surface area contributed by atoms with Crippen molar-refractivity contribution in [2.75, 3.05) is 6.61 Å². The first kappa shape index (κ1) is 17.9. The van der Waals surface area contributed by atoms with E-state index in [1.807, 2.05) is 70.2 Å². The van der Waals surface area contributed by atoms with Gasteiger partial charge in [0.15, 0.2) is 0 Å². The highest BCUT2D eigenvalue weighted by Gasteiger charge is 2.15. The van der Waals surface area contributed by atoms with Crippen LogP contribution in [-0.4, -0.2) is 24.7 Å². The summed E-state index contributed by atoms with van der Waals surface area (Å²) < 4.78 is 11.5. The zero-order valence-corrected chi connectivity index (χ0v) is 14.7. The van der Waals surface area contributed by atoms with Gasteiger partial charge >= 0.3 is 0 Å². The molecule has 0 saturated heterocycles. The molecule has 24 heavy (non-hydrogen) atoms. The maximum absolute atomic E-state index is 12.5. The molecule has 1 N–H and O–H groups in total. The number of benzene rings is 2. The normalized spacial score (nSPS) is 11.9. The Labute approximate surface area is 143 Å². The minimum Gasteiger partial charge on any atom is -0.491 e. The molecule has 0 aliphatic carbocycles. The SMILES string of the molecule is Cc1ccccc1OC[C@H](C)NC(=O)c1ccccc1OC(C)C. The van der Waals surface area contributed by atoms with Gasteiger partial charge in [-0.3, -0.25) is 4.79 Å². The lowest BCUT2D eigenvalue weighted by Gasteiger charge is -2.18. The smallest absolute Gasteiger partial charge is 0.255 e. The number of hydrogen-bond donors (Lipinski definition) is 1. The maximum atomic E-state index is 12.5. The standard InChI is InChI=1S/C20H25NO3/c1-14(2)24-19-12-8-6-10-17(19)20(22)21-16(4)13-23-18-11-7-5-9-15(18)3/h5-12,14,16H,13H2,1-4H3,(H,21,22)/t16-/m0/s1. The molecule has 4 nitrogen and oxygen atoms in total. The number of rotatable bonds is 7. The largest absolute Gasteiger partial charge is 0.491 e. The number of nitrogens with one attached hydrogen (secondary N) is 1. The van der Waals surface area contributed by atoms with Crippen LogP contribution in [0.2, 0.25) is 0 Å². The summed E-state index contributed by atoms with van der Waals surface area (Å²) in [6.07, 6.45) is 0.0146. The van der Waals surface area contributed by atoms with Crippen LogP contribution in [0.1, 0.15) is 36.7 Å². The summed E-state index contributed by atoms with van der Waals surface area (Å²) in [5, 5.41) is 2.96. The molecule has 1 atom stereocenters. The van der Waals surface area contributed by atoms with Crippen LogP contribution in [0.15, 0.2) is 48.5 Å². The number of amides is 1. The molecule has 0 bridgehead atoms. The van der Waals surface area contributed by atoms with Crippen molar-refractivity contribution in [1.29, 1.82) is 0 Å². The Hall–Kier alpha value is -2.49. The van der Waals surface area contributed by atoms with Crippen molar-refractivity contribution in [1.82, 2.24) is 5.32 Å². The zero-order valence-electron chi connectivity index (χ0n) is 14.7. The van der Waals surface area contributed by atoms with E-state index in [1.54, 1.807) is 6.07 Å². The van der Waals surface area contributed by atoms with Gasteiger partial charge < -0.3 is 14.8 Å². The number of carbonyl (C=O) groups is 1. The number of ether oxygens (including phenoxy) is 2. The molecule has 128 valence electrons. The van der Waals surface area contributed by atoms with Crippen LogP contribution in [0, 0.1) is 6.92 Å². The Kier molecular flexibility index (Phi) is 6.24. The third kappa shape index (κ3) is 5.01. The van der Waals surface area contributed by atoms with Crippen molar-refractivity contribution in [3.8, 4) is 11.5 Å². The highest BCUT2D eigenvalue weighted by Crippen LogP contribution is 2.20. The molecule has 4 heteroatoms. The minimum absolute atomic E-state index is 0.0146. The van der Waals surface area contributed by atoms with Crippen LogP contribution in [0.3, 0.4) is 0 Å². The van der Waals surface area contributed by atoms with Gasteiger partial charge in [0, 0.05) is 0 Å². The molecular formula is C20H25NO3. The Morgan fingerprint density at radius 3 is 2.29 bits per heavy atom. The van der Waals surface area contributed by atoms with E-state index in [4.69, 9.17) is 9.47 Å². The van der Waals surface area contributed by atoms with Gasteiger partial charge in [0.25, 0.3) is 5.91 Å². The minimum atomic E-state index is -0.160. The first-order chi connectivity index (χ1) is 11.5. The van der Waals surface area contributed by atoms with Crippen molar-refractivity contribution in [2.45, 2.75) is 39.8 Å². The Morgan fingerprint density at radius 1 is 1.00 bits per heavy atom. The second-order valence-corrected chi connectivity index (χ2v) is 6.11. The van der Waals surface area contributed by atoms with E-state index < -0.39 is 0 Å². The molecule has 2 aromatic rings. The van der Waals surface area contributed by atoms with E-state index >= 15 is 0 Å². The van der Waals surface area contributed by atoms with Gasteiger partial charge in [-0.15, -0.1) is 0 Å². The van der Waals surface area contributed by atoms with Crippen LogP contribution < -0.4 is 14.8 Å². The Bertz CT molecular complexity index is 682. The second-order valence-electron chi connectivity index (χ2n) is 6.11. The molecule has 0 heterocycles. The number of para-hydroxylation sites is 2. The topological polar surface area (TPSA) is 47.6 Å². The summed E-state index contributed by atoms with van der Waals surface area (Å²) in [5.41, 5.74) is 1.61. The predicted molar refractivity (Wildman–Crippen MR) is 95.8 cm³/mol. The van der Waals surface area contributed by atoms with Gasteiger partial charge in [-0.05, 0) is 51.5 Å². The summed E-state index contributed by atoms with van der Waals surface area (Å²) in [6, 6.07) is 15.0. The van der Waals surface area contributed by atoms with Gasteiger partial charge in [0.2, 0.25) is 0 Å². The summed E-state index contributed by atoms with van der Waals surface area (Å²) in [7, 11) is 0. The van der Waals surface area contributed by atoms with Crippen molar-refractivity contribution in [2.24, 2.45) is 0 Å². The predicted octanol–water partition coefficient (Wildman–Crippen LogP) is 3.98. The number of hydrogen-bond acceptors (Lipinski definition) is 3. The first-order valence-electron chi connectivity index (χ1n) is 8.22. The van der Waals surface area contributed by atoms with Gasteiger partial charge in [-0.25, -0.2) is 0 Å². The van der Waals surface area contributed by atoms with Crippen LogP contribution in [-0.2, 0) is 0 Å². The van der Waals surface area contributed by atoms with Crippen LogP contribution in [0.25, 0.3) is 0 Å². The fourth-order valence-electron chi connectivity index (χ4n) is 2.29. The van der Waals surface area contributed by atoms with Gasteiger partial charge in [-0.1, -0.05) is 30.3 Å². The van der Waals surface area contributed by atoms with E-state index in [2.05, 4.69) is 5.32 Å². The molecule has 0 fully saturated rings. The number of carbonyl (C=O) groups excluding carboxylic acids is 1. The molecule has 0 radical (unpaired) electrons. The average Bonchev–Trinajstić information content (AvgIpc) is 2.54.